The average molecular weight is 457 g/mol. The highest BCUT2D eigenvalue weighted by Gasteiger charge is 2.28. The molecule has 0 unspecified atom stereocenters. The number of carbonyl (C=O) groups is 1. The Labute approximate surface area is 199 Å². The van der Waals surface area contributed by atoms with Crippen LogP contribution >= 0.6 is 0 Å². The minimum absolute atomic E-state index is 0.0856. The molecule has 7 nitrogen and oxygen atoms in total. The molecule has 0 atom stereocenters. The Bertz CT molecular complexity index is 1250. The van der Waals surface area contributed by atoms with Crippen LogP contribution in [0.1, 0.15) is 16.7 Å². The first kappa shape index (κ1) is 21.8. The molecule has 0 aromatic heterocycles. The molecular formula is C27H28N4O3. The maximum absolute atomic E-state index is 12.8. The van der Waals surface area contributed by atoms with Gasteiger partial charge in [0.25, 0.3) is 0 Å². The lowest BCUT2D eigenvalue weighted by Gasteiger charge is -2.36. The Morgan fingerprint density at radius 3 is 2.38 bits per heavy atom. The number of piperazine rings is 1. The third-order valence-corrected chi connectivity index (χ3v) is 6.16. The van der Waals surface area contributed by atoms with Crippen LogP contribution in [0.5, 0.6) is 17.2 Å². The van der Waals surface area contributed by atoms with Crippen molar-refractivity contribution in [3.05, 3.63) is 77.4 Å². The first-order chi connectivity index (χ1) is 16.5. The lowest BCUT2D eigenvalue weighted by molar-refractivity contribution is 0.181. The van der Waals surface area contributed by atoms with Gasteiger partial charge in [0.05, 0.1) is 12.7 Å². The van der Waals surface area contributed by atoms with E-state index in [-0.39, 0.29) is 6.03 Å². The molecule has 1 fully saturated rings. The first-order valence-corrected chi connectivity index (χ1v) is 11.4. The number of fused-ring (bicyclic) bond motifs is 2. The number of nitrogens with zero attached hydrogens (tertiary/aromatic N) is 3. The number of amides is 2. The van der Waals surface area contributed by atoms with Crippen LogP contribution in [0.3, 0.4) is 0 Å². The molecule has 3 aromatic carbocycles. The zero-order valence-electron chi connectivity index (χ0n) is 19.7. The summed E-state index contributed by atoms with van der Waals surface area (Å²) >= 11 is 0. The number of carbonyl (C=O) groups excluding carboxylic acids is 1. The molecule has 2 aliphatic rings. The van der Waals surface area contributed by atoms with E-state index in [1.807, 2.05) is 79.4 Å². The highest BCUT2D eigenvalue weighted by atomic mass is 16.5. The number of aliphatic imine (C=N–C) groups is 1. The number of methoxy groups -OCH3 is 1. The number of benzene rings is 3. The van der Waals surface area contributed by atoms with Gasteiger partial charge in [0.15, 0.2) is 5.75 Å². The van der Waals surface area contributed by atoms with Crippen LogP contribution in [0.2, 0.25) is 0 Å². The molecule has 1 N–H and O–H groups in total. The van der Waals surface area contributed by atoms with E-state index in [1.165, 1.54) is 0 Å². The summed E-state index contributed by atoms with van der Waals surface area (Å²) < 4.78 is 11.7. The van der Waals surface area contributed by atoms with E-state index in [0.717, 1.165) is 51.1 Å². The summed E-state index contributed by atoms with van der Waals surface area (Å²) in [5.41, 5.74) is 4.74. The predicted octanol–water partition coefficient (Wildman–Crippen LogP) is 5.35. The van der Waals surface area contributed by atoms with Gasteiger partial charge in [-0.15, -0.1) is 0 Å². The number of anilines is 1. The van der Waals surface area contributed by atoms with Gasteiger partial charge < -0.3 is 24.6 Å². The smallest absolute Gasteiger partial charge is 0.321 e. The van der Waals surface area contributed by atoms with Gasteiger partial charge in [-0.05, 0) is 61.9 Å². The first-order valence-electron chi connectivity index (χ1n) is 11.4. The topological polar surface area (TPSA) is 66.4 Å². The second-order valence-electron chi connectivity index (χ2n) is 8.64. The fourth-order valence-electron chi connectivity index (χ4n) is 4.19. The standard InChI is InChI=1S/C27H28N4O3/c1-18-4-7-20(8-5-18)28-27(32)31-14-12-30(13-15-31)26-22-17-21(33-3)9-11-24(22)34-25-16-19(2)6-10-23(25)29-26/h4-11,16-17H,12-15H2,1-3H3,(H,28,32). The van der Waals surface area contributed by atoms with Crippen molar-refractivity contribution in [1.82, 2.24) is 9.80 Å². The van der Waals surface area contributed by atoms with Crippen LogP contribution < -0.4 is 14.8 Å². The summed E-state index contributed by atoms with van der Waals surface area (Å²) in [4.78, 5) is 21.9. The second-order valence-corrected chi connectivity index (χ2v) is 8.64. The average Bonchev–Trinajstić information content (AvgIpc) is 3.01. The zero-order chi connectivity index (χ0) is 23.7. The van der Waals surface area contributed by atoms with Crippen molar-refractivity contribution in [3.63, 3.8) is 0 Å². The van der Waals surface area contributed by atoms with Crippen LogP contribution in [0.4, 0.5) is 16.2 Å². The van der Waals surface area contributed by atoms with Gasteiger partial charge in [0.2, 0.25) is 0 Å². The van der Waals surface area contributed by atoms with Crippen LogP contribution in [0.25, 0.3) is 0 Å². The molecule has 174 valence electrons. The minimum atomic E-state index is -0.0856. The summed E-state index contributed by atoms with van der Waals surface area (Å²) in [6.45, 7) is 6.58. The van der Waals surface area contributed by atoms with Gasteiger partial charge in [-0.2, -0.15) is 0 Å². The highest BCUT2D eigenvalue weighted by molar-refractivity contribution is 6.04. The van der Waals surface area contributed by atoms with Crippen molar-refractivity contribution < 1.29 is 14.3 Å². The Morgan fingerprint density at radius 1 is 0.912 bits per heavy atom. The third-order valence-electron chi connectivity index (χ3n) is 6.16. The quantitative estimate of drug-likeness (QED) is 0.565. The molecule has 0 aliphatic carbocycles. The molecule has 34 heavy (non-hydrogen) atoms. The lowest BCUT2D eigenvalue weighted by atomic mass is 10.1. The largest absolute Gasteiger partial charge is 0.497 e. The Kier molecular flexibility index (Phi) is 5.84. The predicted molar refractivity (Wildman–Crippen MR) is 134 cm³/mol. The second kappa shape index (κ2) is 9.09. The highest BCUT2D eigenvalue weighted by Crippen LogP contribution is 2.40. The molecule has 1 saturated heterocycles. The van der Waals surface area contributed by atoms with E-state index in [9.17, 15) is 4.79 Å². The van der Waals surface area contributed by atoms with Crippen LogP contribution in [0, 0.1) is 13.8 Å². The SMILES string of the molecule is COc1ccc2c(c1)C(N1CCN(C(=O)Nc3ccc(C)cc3)CC1)=Nc1ccc(C)cc1O2. The summed E-state index contributed by atoms with van der Waals surface area (Å²) in [7, 11) is 1.65. The molecule has 0 saturated carbocycles. The fraction of sp³-hybridized carbons (Fsp3) is 0.259. The van der Waals surface area contributed by atoms with E-state index in [4.69, 9.17) is 14.5 Å². The van der Waals surface area contributed by atoms with E-state index in [1.54, 1.807) is 7.11 Å². The molecule has 2 amide bonds. The van der Waals surface area contributed by atoms with Gasteiger partial charge in [-0.25, -0.2) is 9.79 Å². The number of aryl methyl sites for hydroxylation is 2. The van der Waals surface area contributed by atoms with Crippen molar-refractivity contribution in [2.75, 3.05) is 38.6 Å². The number of urea groups is 1. The van der Waals surface area contributed by atoms with E-state index >= 15 is 0 Å². The van der Waals surface area contributed by atoms with Crippen LogP contribution in [-0.4, -0.2) is 55.0 Å². The van der Waals surface area contributed by atoms with E-state index < -0.39 is 0 Å². The van der Waals surface area contributed by atoms with Gasteiger partial charge in [0.1, 0.15) is 23.0 Å². The molecule has 2 heterocycles. The van der Waals surface area contributed by atoms with Crippen LogP contribution in [0.15, 0.2) is 65.7 Å². The van der Waals surface area contributed by atoms with Crippen molar-refractivity contribution >= 4 is 23.2 Å². The molecule has 7 heteroatoms. The Hall–Kier alpha value is -4.00. The molecule has 0 radical (unpaired) electrons. The van der Waals surface area contributed by atoms with Gasteiger partial charge in [-0.1, -0.05) is 23.8 Å². The van der Waals surface area contributed by atoms with Gasteiger partial charge in [0, 0.05) is 31.9 Å². The molecule has 0 bridgehead atoms. The maximum atomic E-state index is 12.8. The van der Waals surface area contributed by atoms with Crippen molar-refractivity contribution in [2.45, 2.75) is 13.8 Å². The van der Waals surface area contributed by atoms with E-state index in [0.29, 0.717) is 26.2 Å². The van der Waals surface area contributed by atoms with E-state index in [2.05, 4.69) is 10.2 Å². The summed E-state index contributed by atoms with van der Waals surface area (Å²) in [5.74, 6) is 3.05. The molecule has 0 spiro atoms. The molecule has 2 aliphatic heterocycles. The minimum Gasteiger partial charge on any atom is -0.497 e. The van der Waals surface area contributed by atoms with Gasteiger partial charge >= 0.3 is 6.03 Å². The molecule has 3 aromatic rings. The Morgan fingerprint density at radius 2 is 1.65 bits per heavy atom. The Balaban J connectivity index is 1.38. The van der Waals surface area contributed by atoms with Crippen molar-refractivity contribution in [1.29, 1.82) is 0 Å². The van der Waals surface area contributed by atoms with Crippen molar-refractivity contribution in [2.24, 2.45) is 4.99 Å². The normalized spacial score (nSPS) is 14.9. The summed E-state index contributed by atoms with van der Waals surface area (Å²) in [6.07, 6.45) is 0. The number of nitrogens with one attached hydrogen (secondary N) is 1. The van der Waals surface area contributed by atoms with Crippen molar-refractivity contribution in [3.8, 4) is 17.2 Å². The maximum Gasteiger partial charge on any atom is 0.321 e. The number of hydrogen-bond acceptors (Lipinski definition) is 5. The lowest BCUT2D eigenvalue weighted by Crippen LogP contribution is -2.51. The number of amidine groups is 1. The molecular weight excluding hydrogens is 428 g/mol. The number of hydrogen-bond donors (Lipinski definition) is 1. The molecule has 5 rings (SSSR count). The number of rotatable bonds is 2. The van der Waals surface area contributed by atoms with Gasteiger partial charge in [-0.3, -0.25) is 0 Å². The summed E-state index contributed by atoms with van der Waals surface area (Å²) in [6, 6.07) is 19.5. The fourth-order valence-corrected chi connectivity index (χ4v) is 4.19. The van der Waals surface area contributed by atoms with Crippen LogP contribution in [-0.2, 0) is 0 Å². The zero-order valence-corrected chi connectivity index (χ0v) is 19.7. The number of ether oxygens (including phenoxy) is 2. The third kappa shape index (κ3) is 4.41. The summed E-state index contributed by atoms with van der Waals surface area (Å²) in [5, 5.41) is 2.99. The monoisotopic (exact) mass is 456 g/mol.